The van der Waals surface area contributed by atoms with Crippen LogP contribution in [0, 0.1) is 0 Å². The fourth-order valence-corrected chi connectivity index (χ4v) is 2.93. The van der Waals surface area contributed by atoms with Crippen LogP contribution >= 0.6 is 23.1 Å². The molecule has 0 fully saturated rings. The van der Waals surface area contributed by atoms with Gasteiger partial charge in [-0.05, 0) is 49.8 Å². The van der Waals surface area contributed by atoms with Gasteiger partial charge in [-0.2, -0.15) is 11.8 Å². The number of unbranched alkanes of at least 4 members (excludes halogenated alkanes) is 3. The number of thioether (sulfide) groups is 1. The molecule has 3 heteroatoms. The molecule has 1 nitrogen and oxygen atoms in total. The van der Waals surface area contributed by atoms with Gasteiger partial charge in [0.1, 0.15) is 0 Å². The maximum absolute atomic E-state index is 3.58. The lowest BCUT2D eigenvalue weighted by Gasteiger charge is -2.11. The Morgan fingerprint density at radius 1 is 1.31 bits per heavy atom. The average Bonchev–Trinajstić information content (AvgIpc) is 2.81. The smallest absolute Gasteiger partial charge is 0.0386 e. The third kappa shape index (κ3) is 5.92. The van der Waals surface area contributed by atoms with Gasteiger partial charge in [0.2, 0.25) is 0 Å². The summed E-state index contributed by atoms with van der Waals surface area (Å²) in [5.41, 5.74) is 0. The molecule has 1 heterocycles. The van der Waals surface area contributed by atoms with E-state index in [9.17, 15) is 0 Å². The fraction of sp³-hybridized carbons (Fsp3) is 0.692. The first kappa shape index (κ1) is 14.1. The second kappa shape index (κ2) is 9.08. The predicted molar refractivity (Wildman–Crippen MR) is 77.6 cm³/mol. The van der Waals surface area contributed by atoms with E-state index in [1.165, 1.54) is 36.3 Å². The molecule has 0 aliphatic rings. The fourth-order valence-electron chi connectivity index (χ4n) is 1.68. The highest BCUT2D eigenvalue weighted by Crippen LogP contribution is 2.17. The summed E-state index contributed by atoms with van der Waals surface area (Å²) in [4.78, 5) is 1.45. The molecular weight excluding hydrogens is 234 g/mol. The summed E-state index contributed by atoms with van der Waals surface area (Å²) in [6.45, 7) is 3.40. The Labute approximate surface area is 108 Å². The lowest BCUT2D eigenvalue weighted by atomic mass is 10.2. The van der Waals surface area contributed by atoms with Gasteiger partial charge in [-0.1, -0.05) is 18.9 Å². The maximum Gasteiger partial charge on any atom is 0.0386 e. The number of nitrogens with one attached hydrogen (secondary N) is 1. The van der Waals surface area contributed by atoms with E-state index in [1.54, 1.807) is 0 Å². The number of hydrogen-bond acceptors (Lipinski definition) is 3. The molecule has 0 bridgehead atoms. The zero-order chi connectivity index (χ0) is 11.6. The summed E-state index contributed by atoms with van der Waals surface area (Å²) < 4.78 is 0. The molecule has 0 amide bonds. The van der Waals surface area contributed by atoms with Gasteiger partial charge in [-0.25, -0.2) is 0 Å². The monoisotopic (exact) mass is 257 g/mol. The van der Waals surface area contributed by atoms with E-state index >= 15 is 0 Å². The highest BCUT2D eigenvalue weighted by molar-refractivity contribution is 7.98. The summed E-state index contributed by atoms with van der Waals surface area (Å²) in [6.07, 6.45) is 7.62. The van der Waals surface area contributed by atoms with Crippen LogP contribution < -0.4 is 5.32 Å². The van der Waals surface area contributed by atoms with Crippen LogP contribution in [-0.4, -0.2) is 18.6 Å². The second-order valence-electron chi connectivity index (χ2n) is 4.10. The largest absolute Gasteiger partial charge is 0.309 e. The zero-order valence-corrected chi connectivity index (χ0v) is 12.0. The van der Waals surface area contributed by atoms with Crippen molar-refractivity contribution < 1.29 is 0 Å². The van der Waals surface area contributed by atoms with Crippen molar-refractivity contribution in [3.05, 3.63) is 22.4 Å². The van der Waals surface area contributed by atoms with Crippen LogP contribution in [0.3, 0.4) is 0 Å². The lowest BCUT2D eigenvalue weighted by Crippen LogP contribution is -2.18. The molecule has 0 aliphatic carbocycles. The van der Waals surface area contributed by atoms with E-state index < -0.39 is 0 Å². The molecule has 0 radical (unpaired) electrons. The van der Waals surface area contributed by atoms with Gasteiger partial charge in [-0.15, -0.1) is 11.3 Å². The molecule has 1 unspecified atom stereocenters. The minimum Gasteiger partial charge on any atom is -0.309 e. The highest BCUT2D eigenvalue weighted by atomic mass is 32.2. The number of rotatable bonds is 9. The second-order valence-corrected chi connectivity index (χ2v) is 6.06. The third-order valence-corrected chi connectivity index (χ3v) is 4.45. The predicted octanol–water partition coefficient (Wildman–Crippen LogP) is 4.32. The molecule has 1 rings (SSSR count). The summed E-state index contributed by atoms with van der Waals surface area (Å²) in [5, 5.41) is 5.73. The highest BCUT2D eigenvalue weighted by Gasteiger charge is 2.03. The molecule has 1 N–H and O–H groups in total. The summed E-state index contributed by atoms with van der Waals surface area (Å²) in [6, 6.07) is 4.85. The number of thiophene rings is 1. The van der Waals surface area contributed by atoms with Crippen molar-refractivity contribution in [2.24, 2.45) is 0 Å². The average molecular weight is 257 g/mol. The third-order valence-electron chi connectivity index (χ3n) is 2.70. The van der Waals surface area contributed by atoms with Gasteiger partial charge >= 0.3 is 0 Å². The van der Waals surface area contributed by atoms with E-state index in [1.807, 2.05) is 23.1 Å². The molecule has 0 aliphatic heterocycles. The normalized spacial score (nSPS) is 12.9. The van der Waals surface area contributed by atoms with Crippen LogP contribution in [0.4, 0.5) is 0 Å². The van der Waals surface area contributed by atoms with Crippen molar-refractivity contribution in [3.8, 4) is 0 Å². The Morgan fingerprint density at radius 2 is 2.12 bits per heavy atom. The Balaban J connectivity index is 1.95. The van der Waals surface area contributed by atoms with Gasteiger partial charge in [0.25, 0.3) is 0 Å². The number of hydrogen-bond donors (Lipinski definition) is 1. The van der Waals surface area contributed by atoms with E-state index in [2.05, 4.69) is 36.0 Å². The van der Waals surface area contributed by atoms with E-state index in [4.69, 9.17) is 0 Å². The molecule has 1 aromatic heterocycles. The topological polar surface area (TPSA) is 12.0 Å². The SMILES string of the molecule is CSCCCCCCNC(C)c1cccs1. The van der Waals surface area contributed by atoms with Crippen LogP contribution in [0.15, 0.2) is 17.5 Å². The summed E-state index contributed by atoms with van der Waals surface area (Å²) in [5.74, 6) is 1.32. The van der Waals surface area contributed by atoms with Crippen LogP contribution in [0.2, 0.25) is 0 Å². The Morgan fingerprint density at radius 3 is 2.81 bits per heavy atom. The molecular formula is C13H23NS2. The molecule has 16 heavy (non-hydrogen) atoms. The van der Waals surface area contributed by atoms with Gasteiger partial charge in [-0.3, -0.25) is 0 Å². The first-order valence-corrected chi connectivity index (χ1v) is 8.37. The van der Waals surface area contributed by atoms with Crippen molar-refractivity contribution in [1.82, 2.24) is 5.32 Å². The Kier molecular flexibility index (Phi) is 7.99. The molecule has 1 atom stereocenters. The van der Waals surface area contributed by atoms with Crippen molar-refractivity contribution >= 4 is 23.1 Å². The molecule has 0 saturated carbocycles. The summed E-state index contributed by atoms with van der Waals surface area (Å²) in [7, 11) is 0. The van der Waals surface area contributed by atoms with E-state index in [0.29, 0.717) is 6.04 Å². The standard InChI is InChI=1S/C13H23NS2/c1-12(13-8-7-11-16-13)14-9-5-3-4-6-10-15-2/h7-8,11-12,14H,3-6,9-10H2,1-2H3. The van der Waals surface area contributed by atoms with Crippen LogP contribution in [0.25, 0.3) is 0 Å². The molecule has 0 spiro atoms. The first-order chi connectivity index (χ1) is 7.84. The van der Waals surface area contributed by atoms with Crippen molar-refractivity contribution in [3.63, 3.8) is 0 Å². The lowest BCUT2D eigenvalue weighted by molar-refractivity contribution is 0.542. The van der Waals surface area contributed by atoms with Crippen molar-refractivity contribution in [2.45, 2.75) is 38.6 Å². The minimum absolute atomic E-state index is 0.520. The molecule has 92 valence electrons. The molecule has 0 aromatic carbocycles. The Bertz CT molecular complexity index is 246. The zero-order valence-electron chi connectivity index (χ0n) is 10.4. The van der Waals surface area contributed by atoms with E-state index in [0.717, 1.165) is 6.54 Å². The van der Waals surface area contributed by atoms with Gasteiger partial charge < -0.3 is 5.32 Å². The van der Waals surface area contributed by atoms with Gasteiger partial charge in [0.05, 0.1) is 0 Å². The van der Waals surface area contributed by atoms with Crippen LogP contribution in [0.5, 0.6) is 0 Å². The maximum atomic E-state index is 3.58. The minimum atomic E-state index is 0.520. The molecule has 1 aromatic rings. The van der Waals surface area contributed by atoms with Gasteiger partial charge in [0, 0.05) is 10.9 Å². The summed E-state index contributed by atoms with van der Waals surface area (Å²) >= 11 is 3.79. The van der Waals surface area contributed by atoms with Crippen LogP contribution in [0.1, 0.15) is 43.5 Å². The van der Waals surface area contributed by atoms with Gasteiger partial charge in [0.15, 0.2) is 0 Å². The van der Waals surface area contributed by atoms with Crippen molar-refractivity contribution in [2.75, 3.05) is 18.6 Å². The quantitative estimate of drug-likeness (QED) is 0.661. The van der Waals surface area contributed by atoms with Crippen molar-refractivity contribution in [1.29, 1.82) is 0 Å². The molecule has 0 saturated heterocycles. The van der Waals surface area contributed by atoms with Crippen LogP contribution in [-0.2, 0) is 0 Å². The van der Waals surface area contributed by atoms with E-state index in [-0.39, 0.29) is 0 Å². The first-order valence-electron chi connectivity index (χ1n) is 6.10. The Hall–Kier alpha value is 0.01000.